The highest BCUT2D eigenvalue weighted by Gasteiger charge is 2.31. The maximum Gasteiger partial charge on any atom is 0.320 e. The number of carbonyl (C=O) groups is 1. The Kier molecular flexibility index (Phi) is 3.78. The van der Waals surface area contributed by atoms with Crippen LogP contribution in [0.1, 0.15) is 19.3 Å². The minimum atomic E-state index is -0.756. The highest BCUT2D eigenvalue weighted by Crippen LogP contribution is 2.34. The van der Waals surface area contributed by atoms with Gasteiger partial charge >= 0.3 is 5.97 Å². The second-order valence-corrected chi connectivity index (χ2v) is 5.39. The Morgan fingerprint density at radius 2 is 2.25 bits per heavy atom. The van der Waals surface area contributed by atoms with Crippen LogP contribution in [-0.2, 0) is 4.79 Å². The van der Waals surface area contributed by atoms with E-state index in [1.54, 1.807) is 0 Å². The number of carboxylic acids is 1. The zero-order chi connectivity index (χ0) is 13.9. The highest BCUT2D eigenvalue weighted by molar-refractivity contribution is 5.74. The number of carboxylic acid groups (broad SMARTS) is 1. The number of para-hydroxylation sites is 2. The average Bonchev–Trinajstić information content (AvgIpc) is 2.69. The molecule has 5 nitrogen and oxygen atoms in total. The molecule has 108 valence electrons. The van der Waals surface area contributed by atoms with Crippen molar-refractivity contribution < 1.29 is 14.6 Å². The number of piperidine rings is 1. The van der Waals surface area contributed by atoms with Crippen molar-refractivity contribution in [2.24, 2.45) is 0 Å². The summed E-state index contributed by atoms with van der Waals surface area (Å²) in [5.74, 6) is 0.157. The summed E-state index contributed by atoms with van der Waals surface area (Å²) in [6.07, 6.45) is 2.58. The molecule has 0 aromatic heterocycles. The average molecular weight is 276 g/mol. The molecular weight excluding hydrogens is 256 g/mol. The molecule has 2 aliphatic heterocycles. The number of aliphatic carboxylic acids is 1. The SMILES string of the molecule is O=C(O)[C@@H]1CC(N2CCCOc3ccccc32)CCN1. The van der Waals surface area contributed by atoms with Gasteiger partial charge in [-0.25, -0.2) is 0 Å². The summed E-state index contributed by atoms with van der Waals surface area (Å²) in [6.45, 7) is 2.40. The van der Waals surface area contributed by atoms with Gasteiger partial charge in [-0.2, -0.15) is 0 Å². The summed E-state index contributed by atoms with van der Waals surface area (Å²) in [4.78, 5) is 13.5. The molecule has 1 aromatic rings. The summed E-state index contributed by atoms with van der Waals surface area (Å²) < 4.78 is 5.77. The Balaban J connectivity index is 1.84. The molecule has 2 N–H and O–H groups in total. The number of anilines is 1. The molecule has 0 aliphatic carbocycles. The van der Waals surface area contributed by atoms with Crippen molar-refractivity contribution in [3.8, 4) is 5.75 Å². The number of ether oxygens (including phenoxy) is 1. The lowest BCUT2D eigenvalue weighted by molar-refractivity contribution is -0.140. The lowest BCUT2D eigenvalue weighted by atomic mass is 9.97. The largest absolute Gasteiger partial charge is 0.491 e. The smallest absolute Gasteiger partial charge is 0.320 e. The van der Waals surface area contributed by atoms with E-state index in [9.17, 15) is 9.90 Å². The number of hydrogen-bond donors (Lipinski definition) is 2. The maximum absolute atomic E-state index is 11.2. The molecule has 2 atom stereocenters. The molecule has 3 rings (SSSR count). The fourth-order valence-electron chi connectivity index (χ4n) is 3.10. The van der Waals surface area contributed by atoms with Gasteiger partial charge in [-0.15, -0.1) is 0 Å². The van der Waals surface area contributed by atoms with E-state index in [1.807, 2.05) is 18.2 Å². The highest BCUT2D eigenvalue weighted by atomic mass is 16.5. The lowest BCUT2D eigenvalue weighted by Gasteiger charge is -2.38. The monoisotopic (exact) mass is 276 g/mol. The predicted molar refractivity (Wildman–Crippen MR) is 76.3 cm³/mol. The lowest BCUT2D eigenvalue weighted by Crippen LogP contribution is -2.51. The molecular formula is C15H20N2O3. The van der Waals surface area contributed by atoms with E-state index in [-0.39, 0.29) is 6.04 Å². The van der Waals surface area contributed by atoms with E-state index in [1.165, 1.54) is 0 Å². The molecule has 5 heteroatoms. The van der Waals surface area contributed by atoms with Gasteiger partial charge in [-0.05, 0) is 37.9 Å². The first kappa shape index (κ1) is 13.2. The fourth-order valence-corrected chi connectivity index (χ4v) is 3.10. The molecule has 1 unspecified atom stereocenters. The third-order valence-corrected chi connectivity index (χ3v) is 4.09. The van der Waals surface area contributed by atoms with Crippen LogP contribution in [0.25, 0.3) is 0 Å². The van der Waals surface area contributed by atoms with E-state index in [4.69, 9.17) is 4.74 Å². The van der Waals surface area contributed by atoms with E-state index in [0.29, 0.717) is 6.42 Å². The fraction of sp³-hybridized carbons (Fsp3) is 0.533. The summed E-state index contributed by atoms with van der Waals surface area (Å²) >= 11 is 0. The van der Waals surface area contributed by atoms with Crippen LogP contribution in [0.2, 0.25) is 0 Å². The Bertz CT molecular complexity index is 492. The molecule has 1 aromatic carbocycles. The zero-order valence-electron chi connectivity index (χ0n) is 11.4. The van der Waals surface area contributed by atoms with E-state index in [0.717, 1.165) is 44.0 Å². The van der Waals surface area contributed by atoms with Crippen LogP contribution >= 0.6 is 0 Å². The van der Waals surface area contributed by atoms with Crippen LogP contribution in [0.4, 0.5) is 5.69 Å². The van der Waals surface area contributed by atoms with Crippen molar-refractivity contribution in [1.82, 2.24) is 5.32 Å². The van der Waals surface area contributed by atoms with Crippen molar-refractivity contribution in [2.45, 2.75) is 31.3 Å². The maximum atomic E-state index is 11.2. The third kappa shape index (κ3) is 2.58. The van der Waals surface area contributed by atoms with E-state index >= 15 is 0 Å². The van der Waals surface area contributed by atoms with Gasteiger partial charge in [0.15, 0.2) is 0 Å². The summed E-state index contributed by atoms with van der Waals surface area (Å²) in [5.41, 5.74) is 1.10. The first-order chi connectivity index (χ1) is 9.75. The topological polar surface area (TPSA) is 61.8 Å². The van der Waals surface area contributed by atoms with Crippen molar-refractivity contribution in [3.63, 3.8) is 0 Å². The molecule has 2 heterocycles. The molecule has 0 spiro atoms. The normalized spacial score (nSPS) is 26.3. The zero-order valence-corrected chi connectivity index (χ0v) is 11.4. The van der Waals surface area contributed by atoms with Crippen LogP contribution in [-0.4, -0.2) is 42.9 Å². The van der Waals surface area contributed by atoms with Crippen LogP contribution in [0.5, 0.6) is 5.75 Å². The molecule has 0 bridgehead atoms. The number of hydrogen-bond acceptors (Lipinski definition) is 4. The minimum absolute atomic E-state index is 0.264. The third-order valence-electron chi connectivity index (χ3n) is 4.09. The molecule has 20 heavy (non-hydrogen) atoms. The van der Waals surface area contributed by atoms with Gasteiger partial charge in [-0.1, -0.05) is 12.1 Å². The summed E-state index contributed by atoms with van der Waals surface area (Å²) in [7, 11) is 0. The standard InChI is InChI=1S/C15H20N2O3/c18-15(19)12-10-11(6-7-16-12)17-8-3-9-20-14-5-2-1-4-13(14)17/h1-2,4-5,11-12,16H,3,6-10H2,(H,18,19)/t11?,12-/m0/s1. The van der Waals surface area contributed by atoms with Crippen LogP contribution in [0.3, 0.4) is 0 Å². The van der Waals surface area contributed by atoms with Crippen LogP contribution < -0.4 is 15.0 Å². The van der Waals surface area contributed by atoms with Gasteiger partial charge in [0, 0.05) is 12.6 Å². The van der Waals surface area contributed by atoms with Crippen molar-refractivity contribution in [2.75, 3.05) is 24.6 Å². The van der Waals surface area contributed by atoms with E-state index in [2.05, 4.69) is 16.3 Å². The van der Waals surface area contributed by atoms with Crippen molar-refractivity contribution in [3.05, 3.63) is 24.3 Å². The minimum Gasteiger partial charge on any atom is -0.491 e. The van der Waals surface area contributed by atoms with Gasteiger partial charge in [0.1, 0.15) is 11.8 Å². The molecule has 1 fully saturated rings. The second-order valence-electron chi connectivity index (χ2n) is 5.39. The van der Waals surface area contributed by atoms with Crippen LogP contribution in [0.15, 0.2) is 24.3 Å². The van der Waals surface area contributed by atoms with E-state index < -0.39 is 12.0 Å². The molecule has 1 saturated heterocycles. The number of rotatable bonds is 2. The predicted octanol–water partition coefficient (Wildman–Crippen LogP) is 1.48. The summed E-state index contributed by atoms with van der Waals surface area (Å²) in [5, 5.41) is 12.3. The summed E-state index contributed by atoms with van der Waals surface area (Å²) in [6, 6.07) is 7.87. The number of benzene rings is 1. The molecule has 0 saturated carbocycles. The van der Waals surface area contributed by atoms with Gasteiger partial charge in [0.25, 0.3) is 0 Å². The van der Waals surface area contributed by atoms with Gasteiger partial charge in [-0.3, -0.25) is 4.79 Å². The first-order valence-corrected chi connectivity index (χ1v) is 7.20. The Labute approximate surface area is 118 Å². The Morgan fingerprint density at radius 1 is 1.40 bits per heavy atom. The van der Waals surface area contributed by atoms with Gasteiger partial charge in [0.05, 0.1) is 12.3 Å². The van der Waals surface area contributed by atoms with Crippen LogP contribution in [0, 0.1) is 0 Å². The molecule has 0 amide bonds. The van der Waals surface area contributed by atoms with Crippen molar-refractivity contribution >= 4 is 11.7 Å². The molecule has 0 radical (unpaired) electrons. The number of fused-ring (bicyclic) bond motifs is 1. The number of nitrogens with zero attached hydrogens (tertiary/aromatic N) is 1. The second kappa shape index (κ2) is 5.71. The Morgan fingerprint density at radius 3 is 3.10 bits per heavy atom. The Hall–Kier alpha value is -1.75. The molecule has 2 aliphatic rings. The van der Waals surface area contributed by atoms with Crippen molar-refractivity contribution in [1.29, 1.82) is 0 Å². The quantitative estimate of drug-likeness (QED) is 0.856. The first-order valence-electron chi connectivity index (χ1n) is 7.20. The number of nitrogens with one attached hydrogen (secondary N) is 1. The van der Waals surface area contributed by atoms with Gasteiger partial charge < -0.3 is 20.1 Å². The van der Waals surface area contributed by atoms with Gasteiger partial charge in [0.2, 0.25) is 0 Å².